The van der Waals surface area contributed by atoms with Gasteiger partial charge in [-0.2, -0.15) is 0 Å². The third kappa shape index (κ3) is 5.54. The van der Waals surface area contributed by atoms with Crippen LogP contribution in [0, 0.1) is 0 Å². The quantitative estimate of drug-likeness (QED) is 0.379. The normalized spacial score (nSPS) is 11.8. The van der Waals surface area contributed by atoms with Gasteiger partial charge in [-0.3, -0.25) is 4.79 Å². The van der Waals surface area contributed by atoms with Crippen LogP contribution in [0.5, 0.6) is 5.75 Å². The van der Waals surface area contributed by atoms with E-state index in [-0.39, 0.29) is 17.7 Å². The van der Waals surface area contributed by atoms with Crippen molar-refractivity contribution in [2.75, 3.05) is 18.2 Å². The van der Waals surface area contributed by atoms with E-state index in [4.69, 9.17) is 10.6 Å². The van der Waals surface area contributed by atoms with Crippen molar-refractivity contribution >= 4 is 17.7 Å². The van der Waals surface area contributed by atoms with Crippen molar-refractivity contribution in [3.63, 3.8) is 0 Å². The van der Waals surface area contributed by atoms with Gasteiger partial charge in [0.05, 0.1) is 18.4 Å². The molecule has 1 amide bonds. The van der Waals surface area contributed by atoms with Crippen molar-refractivity contribution in [3.05, 3.63) is 60.2 Å². The average Bonchev–Trinajstić information content (AvgIpc) is 3.14. The number of benzene rings is 2. The number of amides is 1. The smallest absolute Gasteiger partial charge is 0.230 e. The molecule has 1 heterocycles. The number of hydrogen-bond donors (Lipinski definition) is 2. The van der Waals surface area contributed by atoms with Crippen molar-refractivity contribution in [1.29, 1.82) is 0 Å². The molecule has 0 fully saturated rings. The van der Waals surface area contributed by atoms with Crippen LogP contribution >= 0.6 is 11.8 Å². The van der Waals surface area contributed by atoms with E-state index in [9.17, 15) is 4.79 Å². The number of nitrogens with one attached hydrogen (secondary N) is 1. The van der Waals surface area contributed by atoms with Gasteiger partial charge in [-0.15, -0.1) is 10.2 Å². The van der Waals surface area contributed by atoms with E-state index < -0.39 is 0 Å². The zero-order valence-electron chi connectivity index (χ0n) is 17.2. The molecule has 0 aliphatic carbocycles. The van der Waals surface area contributed by atoms with Crippen LogP contribution in [0.3, 0.4) is 0 Å². The lowest BCUT2D eigenvalue weighted by Gasteiger charge is -2.18. The molecule has 2 aromatic carbocycles. The van der Waals surface area contributed by atoms with E-state index in [0.29, 0.717) is 17.6 Å². The van der Waals surface area contributed by atoms with Crippen molar-refractivity contribution in [1.82, 2.24) is 20.2 Å². The van der Waals surface area contributed by atoms with Gasteiger partial charge < -0.3 is 15.9 Å². The Balaban J connectivity index is 1.61. The topological polar surface area (TPSA) is 95.1 Å². The van der Waals surface area contributed by atoms with Crippen molar-refractivity contribution in [2.24, 2.45) is 0 Å². The molecule has 0 unspecified atom stereocenters. The third-order valence-corrected chi connectivity index (χ3v) is 5.48. The fourth-order valence-corrected chi connectivity index (χ4v) is 3.77. The maximum absolute atomic E-state index is 12.5. The number of nitrogens with two attached hydrogens (primary N) is 1. The molecule has 158 valence electrons. The first-order valence-corrected chi connectivity index (χ1v) is 11.0. The highest BCUT2D eigenvalue weighted by Gasteiger charge is 2.17. The molecular weight excluding hydrogens is 398 g/mol. The Bertz CT molecular complexity index is 944. The lowest BCUT2D eigenvalue weighted by Crippen LogP contribution is -2.30. The molecule has 0 bridgehead atoms. The van der Waals surface area contributed by atoms with Crippen LogP contribution in [0.25, 0.3) is 11.4 Å². The summed E-state index contributed by atoms with van der Waals surface area (Å²) in [6.07, 6.45) is 1.87. The lowest BCUT2D eigenvalue weighted by atomic mass is 10.0. The van der Waals surface area contributed by atoms with Gasteiger partial charge in [0.15, 0.2) is 5.82 Å². The zero-order valence-corrected chi connectivity index (χ0v) is 18.1. The number of nitrogens with zero attached hydrogens (tertiary/aromatic N) is 3. The van der Waals surface area contributed by atoms with Gasteiger partial charge in [-0.25, -0.2) is 4.68 Å². The van der Waals surface area contributed by atoms with Crippen LogP contribution in [-0.2, 0) is 4.79 Å². The number of ether oxygens (including phenoxy) is 1. The molecule has 7 nitrogen and oxygen atoms in total. The highest BCUT2D eigenvalue weighted by molar-refractivity contribution is 7.99. The van der Waals surface area contributed by atoms with Gasteiger partial charge in [0.2, 0.25) is 11.1 Å². The van der Waals surface area contributed by atoms with Crippen molar-refractivity contribution < 1.29 is 9.53 Å². The molecule has 0 saturated heterocycles. The molecule has 1 aromatic heterocycles. The average molecular weight is 426 g/mol. The van der Waals surface area contributed by atoms with Gasteiger partial charge in [-0.05, 0) is 43.2 Å². The number of rotatable bonds is 10. The summed E-state index contributed by atoms with van der Waals surface area (Å²) in [5, 5.41) is 11.9. The Morgan fingerprint density at radius 1 is 1.13 bits per heavy atom. The first-order valence-electron chi connectivity index (χ1n) is 10.0. The molecule has 3 aromatic rings. The molecule has 3 N–H and O–H groups in total. The van der Waals surface area contributed by atoms with E-state index in [2.05, 4.69) is 22.4 Å². The molecule has 0 aliphatic rings. The summed E-state index contributed by atoms with van der Waals surface area (Å²) < 4.78 is 6.87. The molecule has 0 radical (unpaired) electrons. The highest BCUT2D eigenvalue weighted by atomic mass is 32.2. The fraction of sp³-hybridized carbons (Fsp3) is 0.318. The van der Waals surface area contributed by atoms with E-state index in [1.165, 1.54) is 16.4 Å². The number of nitrogen functional groups attached to an aromatic ring is 1. The zero-order chi connectivity index (χ0) is 21.3. The van der Waals surface area contributed by atoms with Gasteiger partial charge in [0.1, 0.15) is 5.75 Å². The summed E-state index contributed by atoms with van der Waals surface area (Å²) in [5.41, 5.74) is 1.94. The predicted molar refractivity (Wildman–Crippen MR) is 120 cm³/mol. The Kier molecular flexibility index (Phi) is 7.73. The van der Waals surface area contributed by atoms with Crippen LogP contribution in [0.1, 0.15) is 38.3 Å². The van der Waals surface area contributed by atoms with E-state index in [1.54, 1.807) is 0 Å². The SMILES string of the molecule is CCC[C@@H](NC(=O)CSc1nnc(-c2ccc(OCC)cc2)n1N)c1ccccc1. The number of hydrogen-bond acceptors (Lipinski definition) is 6. The van der Waals surface area contributed by atoms with Gasteiger partial charge >= 0.3 is 0 Å². The second-order valence-corrected chi connectivity index (χ2v) is 7.68. The lowest BCUT2D eigenvalue weighted by molar-refractivity contribution is -0.119. The Hall–Kier alpha value is -3.00. The summed E-state index contributed by atoms with van der Waals surface area (Å²) in [7, 11) is 0. The summed E-state index contributed by atoms with van der Waals surface area (Å²) in [6, 6.07) is 17.5. The van der Waals surface area contributed by atoms with Crippen molar-refractivity contribution in [3.8, 4) is 17.1 Å². The molecule has 0 aliphatic heterocycles. The molecule has 8 heteroatoms. The van der Waals surface area contributed by atoms with E-state index >= 15 is 0 Å². The number of carbonyl (C=O) groups is 1. The standard InChI is InChI=1S/C22H27N5O2S/c1-3-8-19(16-9-6-5-7-10-16)24-20(28)15-30-22-26-25-21(27(22)23)17-11-13-18(14-12-17)29-4-2/h5-7,9-14,19H,3-4,8,15,23H2,1-2H3,(H,24,28)/t19-/m1/s1. The minimum atomic E-state index is -0.0621. The monoisotopic (exact) mass is 425 g/mol. The van der Waals surface area contributed by atoms with Crippen LogP contribution < -0.4 is 15.9 Å². The number of carbonyl (C=O) groups excluding carboxylic acids is 1. The maximum atomic E-state index is 12.5. The van der Waals surface area contributed by atoms with Crippen LogP contribution in [-0.4, -0.2) is 33.1 Å². The minimum absolute atomic E-state index is 0.000498. The maximum Gasteiger partial charge on any atom is 0.230 e. The molecule has 0 spiro atoms. The Labute approximate surface area is 181 Å². The predicted octanol–water partition coefficient (Wildman–Crippen LogP) is 3.81. The third-order valence-electron chi connectivity index (χ3n) is 4.53. The Morgan fingerprint density at radius 2 is 1.87 bits per heavy atom. The summed E-state index contributed by atoms with van der Waals surface area (Å²) >= 11 is 1.26. The summed E-state index contributed by atoms with van der Waals surface area (Å²) in [6.45, 7) is 4.66. The van der Waals surface area contributed by atoms with Gasteiger partial charge in [-0.1, -0.05) is 55.4 Å². The second-order valence-electron chi connectivity index (χ2n) is 6.74. The fourth-order valence-electron chi connectivity index (χ4n) is 3.10. The summed E-state index contributed by atoms with van der Waals surface area (Å²) in [4.78, 5) is 12.5. The van der Waals surface area contributed by atoms with Crippen molar-refractivity contribution in [2.45, 2.75) is 37.9 Å². The van der Waals surface area contributed by atoms with E-state index in [1.807, 2.05) is 61.5 Å². The van der Waals surface area contributed by atoms with Gasteiger partial charge in [0.25, 0.3) is 0 Å². The minimum Gasteiger partial charge on any atom is -0.494 e. The molecular formula is C22H27N5O2S. The largest absolute Gasteiger partial charge is 0.494 e. The second kappa shape index (κ2) is 10.7. The van der Waals surface area contributed by atoms with E-state index in [0.717, 1.165) is 29.7 Å². The van der Waals surface area contributed by atoms with Crippen LogP contribution in [0.4, 0.5) is 0 Å². The molecule has 3 rings (SSSR count). The Morgan fingerprint density at radius 3 is 2.53 bits per heavy atom. The number of thioether (sulfide) groups is 1. The van der Waals surface area contributed by atoms with Crippen LogP contribution in [0.15, 0.2) is 59.8 Å². The highest BCUT2D eigenvalue weighted by Crippen LogP contribution is 2.24. The van der Waals surface area contributed by atoms with Gasteiger partial charge in [0, 0.05) is 5.56 Å². The molecule has 1 atom stereocenters. The molecule has 30 heavy (non-hydrogen) atoms. The number of aromatic nitrogens is 3. The molecule has 0 saturated carbocycles. The first kappa shape index (κ1) is 21.7. The summed E-state index contributed by atoms with van der Waals surface area (Å²) in [5.74, 6) is 7.64. The first-order chi connectivity index (χ1) is 14.6. The van der Waals surface area contributed by atoms with Crippen LogP contribution in [0.2, 0.25) is 0 Å².